The van der Waals surface area contributed by atoms with Crippen LogP contribution in [0.15, 0.2) is 48.7 Å². The number of para-hydroxylation sites is 2. The van der Waals surface area contributed by atoms with Gasteiger partial charge in [0.15, 0.2) is 5.82 Å². The average Bonchev–Trinajstić information content (AvgIpc) is 3.21. The van der Waals surface area contributed by atoms with Gasteiger partial charge < -0.3 is 20.3 Å². The van der Waals surface area contributed by atoms with Gasteiger partial charge in [0.05, 0.1) is 16.7 Å². The summed E-state index contributed by atoms with van der Waals surface area (Å²) in [6.45, 7) is 5.90. The van der Waals surface area contributed by atoms with Crippen molar-refractivity contribution < 1.29 is 14.7 Å². The Hall–Kier alpha value is -3.98. The van der Waals surface area contributed by atoms with Crippen LogP contribution in [0.5, 0.6) is 0 Å². The van der Waals surface area contributed by atoms with Crippen molar-refractivity contribution in [3.8, 4) is 0 Å². The molecule has 3 N–H and O–H groups in total. The number of anilines is 2. The highest BCUT2D eigenvalue weighted by Gasteiger charge is 2.32. The van der Waals surface area contributed by atoms with Gasteiger partial charge in [-0.25, -0.2) is 9.97 Å². The summed E-state index contributed by atoms with van der Waals surface area (Å²) >= 11 is 0. The number of hydrogen-bond donors (Lipinski definition) is 3. The molecule has 5 rings (SSSR count). The molecule has 1 atom stereocenters. The molecule has 0 radical (unpaired) electrons. The Morgan fingerprint density at radius 2 is 1.76 bits per heavy atom. The van der Waals surface area contributed by atoms with Crippen LogP contribution in [0.2, 0.25) is 0 Å². The molecule has 9 heteroatoms. The van der Waals surface area contributed by atoms with Gasteiger partial charge in [0.1, 0.15) is 6.04 Å². The molecular formula is C25H26N6O3. The predicted octanol–water partition coefficient (Wildman–Crippen LogP) is 3.33. The number of nitrogens with zero attached hydrogens (tertiary/aromatic N) is 4. The molecule has 9 nitrogen and oxygen atoms in total. The van der Waals surface area contributed by atoms with E-state index < -0.39 is 12.0 Å². The number of H-pyrrole nitrogens is 1. The molecule has 1 amide bonds. The highest BCUT2D eigenvalue weighted by atomic mass is 16.4. The summed E-state index contributed by atoms with van der Waals surface area (Å²) in [6.07, 6.45) is 1.76. The number of carboxylic acid groups (broad SMARTS) is 1. The van der Waals surface area contributed by atoms with E-state index in [1.165, 1.54) is 6.92 Å². The number of amides is 1. The maximum absolute atomic E-state index is 12.4. The van der Waals surface area contributed by atoms with E-state index in [0.717, 1.165) is 33.4 Å². The van der Waals surface area contributed by atoms with Gasteiger partial charge in [-0.2, -0.15) is 0 Å². The number of aryl methyl sites for hydroxylation is 1. The van der Waals surface area contributed by atoms with E-state index in [4.69, 9.17) is 9.97 Å². The summed E-state index contributed by atoms with van der Waals surface area (Å²) in [5, 5.41) is 13.7. The van der Waals surface area contributed by atoms with Crippen LogP contribution in [0.4, 0.5) is 11.5 Å². The molecule has 1 fully saturated rings. The second-order valence-corrected chi connectivity index (χ2v) is 8.57. The molecule has 2 aromatic carbocycles. The Morgan fingerprint density at radius 1 is 1.06 bits per heavy atom. The minimum atomic E-state index is -0.887. The van der Waals surface area contributed by atoms with Crippen molar-refractivity contribution in [3.63, 3.8) is 0 Å². The van der Waals surface area contributed by atoms with Crippen LogP contribution >= 0.6 is 0 Å². The summed E-state index contributed by atoms with van der Waals surface area (Å²) in [4.78, 5) is 40.6. The second kappa shape index (κ2) is 8.75. The molecule has 1 saturated heterocycles. The summed E-state index contributed by atoms with van der Waals surface area (Å²) in [6, 6.07) is 12.5. The molecule has 0 saturated carbocycles. The lowest BCUT2D eigenvalue weighted by Crippen LogP contribution is -2.49. The van der Waals surface area contributed by atoms with Crippen molar-refractivity contribution >= 4 is 45.3 Å². The zero-order valence-electron chi connectivity index (χ0n) is 19.1. The number of aromatic amines is 1. The molecule has 0 spiro atoms. The highest BCUT2D eigenvalue weighted by Crippen LogP contribution is 2.32. The molecule has 34 heavy (non-hydrogen) atoms. The Kier molecular flexibility index (Phi) is 5.62. The maximum atomic E-state index is 12.4. The van der Waals surface area contributed by atoms with Crippen LogP contribution in [0.3, 0.4) is 0 Å². The van der Waals surface area contributed by atoms with Crippen LogP contribution in [0, 0.1) is 6.92 Å². The topological polar surface area (TPSA) is 114 Å². The number of fused-ring (bicyclic) bond motifs is 2. The largest absolute Gasteiger partial charge is 0.480 e. The Balaban J connectivity index is 1.37. The molecule has 4 aromatic rings. The zero-order chi connectivity index (χ0) is 23.8. The van der Waals surface area contributed by atoms with Crippen LogP contribution in [0.25, 0.3) is 21.9 Å². The maximum Gasteiger partial charge on any atom is 0.325 e. The summed E-state index contributed by atoms with van der Waals surface area (Å²) < 4.78 is 0. The Labute approximate surface area is 196 Å². The van der Waals surface area contributed by atoms with E-state index in [1.807, 2.05) is 48.2 Å². The Bertz CT molecular complexity index is 1390. The van der Waals surface area contributed by atoms with Crippen LogP contribution in [-0.2, 0) is 9.59 Å². The third kappa shape index (κ3) is 4.06. The summed E-state index contributed by atoms with van der Waals surface area (Å²) in [7, 11) is 0. The number of carbonyl (C=O) groups excluding carboxylic acids is 1. The quantitative estimate of drug-likeness (QED) is 0.420. The number of benzene rings is 2. The number of aliphatic carboxylic acids is 1. The molecule has 1 unspecified atom stereocenters. The Morgan fingerprint density at radius 3 is 2.44 bits per heavy atom. The summed E-state index contributed by atoms with van der Waals surface area (Å²) in [5.41, 5.74) is 4.76. The number of aromatic nitrogens is 3. The highest BCUT2D eigenvalue weighted by molar-refractivity contribution is 5.94. The number of rotatable bonds is 5. The third-order valence-corrected chi connectivity index (χ3v) is 6.26. The fraction of sp³-hybridized carbons (Fsp3) is 0.280. The standard InChI is InChI=1S/C25H26N6O3/c1-15-24(29-21-6-4-3-5-20(21)27-15)31-11-9-30(10-12-31)23(25(33)34)19-14-26-22-13-17(28-16(2)32)7-8-18(19)22/h3-8,13-14,23,26H,9-12H2,1-2H3,(H,28,32)(H,33,34). The fourth-order valence-electron chi connectivity index (χ4n) is 4.71. The van der Waals surface area contributed by atoms with Crippen molar-refractivity contribution in [3.05, 3.63) is 59.9 Å². The molecule has 0 aliphatic carbocycles. The first-order valence-corrected chi connectivity index (χ1v) is 11.2. The molecule has 0 bridgehead atoms. The number of piperazine rings is 1. The lowest BCUT2D eigenvalue weighted by molar-refractivity contribution is -0.143. The first-order valence-electron chi connectivity index (χ1n) is 11.2. The van der Waals surface area contributed by atoms with Crippen molar-refractivity contribution in [1.82, 2.24) is 19.9 Å². The van der Waals surface area contributed by atoms with Crippen molar-refractivity contribution in [2.24, 2.45) is 0 Å². The van der Waals surface area contributed by atoms with Crippen LogP contribution in [-0.4, -0.2) is 63.0 Å². The number of carboxylic acids is 1. The molecule has 2 aromatic heterocycles. The minimum Gasteiger partial charge on any atom is -0.480 e. The van der Waals surface area contributed by atoms with Crippen LogP contribution in [0.1, 0.15) is 24.2 Å². The third-order valence-electron chi connectivity index (χ3n) is 6.26. The minimum absolute atomic E-state index is 0.154. The van der Waals surface area contributed by atoms with E-state index >= 15 is 0 Å². The molecule has 1 aliphatic rings. The smallest absolute Gasteiger partial charge is 0.325 e. The van der Waals surface area contributed by atoms with Gasteiger partial charge in [0.25, 0.3) is 0 Å². The number of carbonyl (C=O) groups is 2. The first kappa shape index (κ1) is 21.8. The molecule has 3 heterocycles. The lowest BCUT2D eigenvalue weighted by atomic mass is 10.0. The lowest BCUT2D eigenvalue weighted by Gasteiger charge is -2.38. The van der Waals surface area contributed by atoms with Gasteiger partial charge in [-0.15, -0.1) is 0 Å². The van der Waals surface area contributed by atoms with Gasteiger partial charge in [0.2, 0.25) is 5.91 Å². The zero-order valence-corrected chi connectivity index (χ0v) is 19.1. The molecular weight excluding hydrogens is 432 g/mol. The normalized spacial score (nSPS) is 15.5. The van der Waals surface area contributed by atoms with Gasteiger partial charge in [-0.1, -0.05) is 18.2 Å². The van der Waals surface area contributed by atoms with Crippen LogP contribution < -0.4 is 10.2 Å². The average molecular weight is 459 g/mol. The second-order valence-electron chi connectivity index (χ2n) is 8.57. The number of hydrogen-bond acceptors (Lipinski definition) is 6. The van der Waals surface area contributed by atoms with Gasteiger partial charge in [0, 0.05) is 61.5 Å². The van der Waals surface area contributed by atoms with E-state index in [1.54, 1.807) is 12.3 Å². The first-order chi connectivity index (χ1) is 16.4. The van der Waals surface area contributed by atoms with Gasteiger partial charge in [-0.05, 0) is 31.2 Å². The monoisotopic (exact) mass is 458 g/mol. The van der Waals surface area contributed by atoms with Gasteiger partial charge >= 0.3 is 5.97 Å². The van der Waals surface area contributed by atoms with E-state index in [0.29, 0.717) is 37.4 Å². The van der Waals surface area contributed by atoms with E-state index in [-0.39, 0.29) is 5.91 Å². The van der Waals surface area contributed by atoms with Crippen molar-refractivity contribution in [1.29, 1.82) is 0 Å². The van der Waals surface area contributed by atoms with E-state index in [2.05, 4.69) is 15.2 Å². The predicted molar refractivity (Wildman–Crippen MR) is 131 cm³/mol. The van der Waals surface area contributed by atoms with Crippen molar-refractivity contribution in [2.45, 2.75) is 19.9 Å². The number of nitrogens with one attached hydrogen (secondary N) is 2. The molecule has 174 valence electrons. The van der Waals surface area contributed by atoms with Crippen molar-refractivity contribution in [2.75, 3.05) is 36.4 Å². The van der Waals surface area contributed by atoms with E-state index in [9.17, 15) is 14.7 Å². The SMILES string of the molecule is CC(=O)Nc1ccc2c(C(C(=O)O)N3CCN(c4nc5ccccc5nc4C)CC3)c[nH]c2c1. The summed E-state index contributed by atoms with van der Waals surface area (Å²) in [5.74, 6) is -0.191. The van der Waals surface area contributed by atoms with Gasteiger partial charge in [-0.3, -0.25) is 14.5 Å². The molecule has 1 aliphatic heterocycles. The fourth-order valence-corrected chi connectivity index (χ4v) is 4.71.